The van der Waals surface area contributed by atoms with Crippen molar-refractivity contribution < 1.29 is 18.6 Å². The fraction of sp³-hybridized carbons (Fsp3) is 0.0526. The van der Waals surface area contributed by atoms with Crippen LogP contribution in [0.3, 0.4) is 0 Å². The number of hydrogen-bond acceptors (Lipinski definition) is 6. The summed E-state index contributed by atoms with van der Waals surface area (Å²) in [6, 6.07) is 12.9. The van der Waals surface area contributed by atoms with Crippen LogP contribution in [0.25, 0.3) is 22.6 Å². The third kappa shape index (κ3) is 3.33. The Kier molecular flexibility index (Phi) is 4.32. The minimum absolute atomic E-state index is 0.203. The second-order valence-corrected chi connectivity index (χ2v) is 6.44. The highest BCUT2D eigenvalue weighted by Crippen LogP contribution is 2.31. The SMILES string of the molecule is Cc1ccc2oc(-c3ccc(Cl)c(NC(=O)c4ccc([N+](=O)[O-])o4)c3)nc2c1. The largest absolute Gasteiger partial charge is 0.436 e. The van der Waals surface area contributed by atoms with E-state index in [-0.39, 0.29) is 10.8 Å². The molecule has 0 saturated heterocycles. The Hall–Kier alpha value is -3.65. The van der Waals surface area contributed by atoms with E-state index in [1.165, 1.54) is 6.07 Å². The summed E-state index contributed by atoms with van der Waals surface area (Å²) < 4.78 is 10.7. The maximum atomic E-state index is 12.3. The van der Waals surface area contributed by atoms with Crippen molar-refractivity contribution in [1.29, 1.82) is 0 Å². The van der Waals surface area contributed by atoms with Gasteiger partial charge in [0.1, 0.15) is 10.4 Å². The molecule has 2 aromatic heterocycles. The molecule has 0 radical (unpaired) electrons. The molecule has 140 valence electrons. The number of aryl methyl sites for hydroxylation is 1. The number of furan rings is 1. The average Bonchev–Trinajstić information content (AvgIpc) is 3.30. The monoisotopic (exact) mass is 397 g/mol. The lowest BCUT2D eigenvalue weighted by molar-refractivity contribution is -0.402. The second-order valence-electron chi connectivity index (χ2n) is 6.03. The van der Waals surface area contributed by atoms with Crippen LogP contribution in [0, 0.1) is 17.0 Å². The van der Waals surface area contributed by atoms with E-state index < -0.39 is 16.7 Å². The molecule has 9 heteroatoms. The number of benzene rings is 2. The minimum Gasteiger partial charge on any atom is -0.436 e. The molecule has 8 nitrogen and oxygen atoms in total. The lowest BCUT2D eigenvalue weighted by atomic mass is 10.2. The third-order valence-electron chi connectivity index (χ3n) is 4.00. The molecule has 0 spiro atoms. The van der Waals surface area contributed by atoms with Gasteiger partial charge in [0.05, 0.1) is 16.8 Å². The van der Waals surface area contributed by atoms with Gasteiger partial charge in [0.15, 0.2) is 11.3 Å². The minimum atomic E-state index is -0.723. The quantitative estimate of drug-likeness (QED) is 0.373. The van der Waals surface area contributed by atoms with Crippen molar-refractivity contribution in [3.63, 3.8) is 0 Å². The molecule has 4 aromatic rings. The predicted molar refractivity (Wildman–Crippen MR) is 103 cm³/mol. The number of nitrogens with one attached hydrogen (secondary N) is 1. The summed E-state index contributed by atoms with van der Waals surface area (Å²) >= 11 is 6.17. The molecule has 1 N–H and O–H groups in total. The van der Waals surface area contributed by atoms with Gasteiger partial charge in [-0.25, -0.2) is 4.98 Å². The van der Waals surface area contributed by atoms with E-state index in [0.29, 0.717) is 22.7 Å². The molecule has 0 bridgehead atoms. The van der Waals surface area contributed by atoms with Gasteiger partial charge in [-0.3, -0.25) is 14.9 Å². The Bertz CT molecular complexity index is 1230. The van der Waals surface area contributed by atoms with Crippen molar-refractivity contribution >= 4 is 40.2 Å². The highest BCUT2D eigenvalue weighted by molar-refractivity contribution is 6.34. The van der Waals surface area contributed by atoms with Crippen LogP contribution < -0.4 is 5.32 Å². The Morgan fingerprint density at radius 2 is 1.96 bits per heavy atom. The molecule has 1 amide bonds. The summed E-state index contributed by atoms with van der Waals surface area (Å²) in [5.41, 5.74) is 3.33. The molecule has 0 aliphatic rings. The number of nitrogens with zero attached hydrogens (tertiary/aromatic N) is 2. The summed E-state index contributed by atoms with van der Waals surface area (Å²) in [6.45, 7) is 1.96. The van der Waals surface area contributed by atoms with Gasteiger partial charge < -0.3 is 14.2 Å². The van der Waals surface area contributed by atoms with Gasteiger partial charge in [0.2, 0.25) is 5.89 Å². The Labute approximate surface area is 162 Å². The van der Waals surface area contributed by atoms with Crippen molar-refractivity contribution in [2.75, 3.05) is 5.32 Å². The maximum Gasteiger partial charge on any atom is 0.433 e. The first-order valence-corrected chi connectivity index (χ1v) is 8.51. The van der Waals surface area contributed by atoms with Crippen LogP contribution in [0.5, 0.6) is 0 Å². The van der Waals surface area contributed by atoms with E-state index in [9.17, 15) is 14.9 Å². The molecular formula is C19H12ClN3O5. The summed E-state index contributed by atoms with van der Waals surface area (Å²) in [5.74, 6) is -1.01. The summed E-state index contributed by atoms with van der Waals surface area (Å²) in [6.07, 6.45) is 0. The second kappa shape index (κ2) is 6.82. The maximum absolute atomic E-state index is 12.3. The van der Waals surface area contributed by atoms with Gasteiger partial charge in [0, 0.05) is 5.56 Å². The number of hydrogen-bond donors (Lipinski definition) is 1. The number of amides is 1. The molecule has 2 aromatic carbocycles. The highest BCUT2D eigenvalue weighted by atomic mass is 35.5. The Morgan fingerprint density at radius 3 is 2.71 bits per heavy atom. The zero-order chi connectivity index (χ0) is 19.8. The predicted octanol–water partition coefficient (Wildman–Crippen LogP) is 5.21. The van der Waals surface area contributed by atoms with Crippen molar-refractivity contribution in [2.24, 2.45) is 0 Å². The smallest absolute Gasteiger partial charge is 0.433 e. The number of fused-ring (bicyclic) bond motifs is 1. The van der Waals surface area contributed by atoms with E-state index >= 15 is 0 Å². The number of nitro groups is 1. The number of carbonyl (C=O) groups is 1. The summed E-state index contributed by atoms with van der Waals surface area (Å²) in [7, 11) is 0. The van der Waals surface area contributed by atoms with Crippen LogP contribution in [0.1, 0.15) is 16.1 Å². The number of oxazole rings is 1. The van der Waals surface area contributed by atoms with Crippen molar-refractivity contribution in [3.05, 3.63) is 75.0 Å². The zero-order valence-corrected chi connectivity index (χ0v) is 15.2. The van der Waals surface area contributed by atoms with E-state index in [2.05, 4.69) is 10.3 Å². The van der Waals surface area contributed by atoms with Crippen LogP contribution >= 0.6 is 11.6 Å². The topological polar surface area (TPSA) is 111 Å². The first-order valence-electron chi connectivity index (χ1n) is 8.13. The fourth-order valence-corrected chi connectivity index (χ4v) is 2.81. The first-order chi connectivity index (χ1) is 13.4. The number of halogens is 1. The highest BCUT2D eigenvalue weighted by Gasteiger charge is 2.19. The number of carbonyl (C=O) groups excluding carboxylic acids is 1. The Morgan fingerprint density at radius 1 is 1.14 bits per heavy atom. The standard InChI is InChI=1S/C19H12ClN3O5/c1-10-2-5-15-14(8-10)22-19(28-15)11-3-4-12(20)13(9-11)21-18(24)16-6-7-17(27-16)23(25)26/h2-9H,1H3,(H,21,24). The van der Waals surface area contributed by atoms with Gasteiger partial charge in [-0.2, -0.15) is 0 Å². The molecule has 2 heterocycles. The van der Waals surface area contributed by atoms with Gasteiger partial charge in [-0.05, 0) is 48.9 Å². The molecule has 0 atom stereocenters. The van der Waals surface area contributed by atoms with Crippen molar-refractivity contribution in [2.45, 2.75) is 6.92 Å². The number of anilines is 1. The van der Waals surface area contributed by atoms with Gasteiger partial charge >= 0.3 is 5.88 Å². The van der Waals surface area contributed by atoms with E-state index in [0.717, 1.165) is 17.1 Å². The molecule has 0 aliphatic heterocycles. The zero-order valence-electron chi connectivity index (χ0n) is 14.4. The van der Waals surface area contributed by atoms with Crippen LogP contribution in [0.15, 0.2) is 57.4 Å². The van der Waals surface area contributed by atoms with Gasteiger partial charge in [-0.15, -0.1) is 0 Å². The van der Waals surface area contributed by atoms with Crippen molar-refractivity contribution in [3.8, 4) is 11.5 Å². The first kappa shape index (κ1) is 17.7. The van der Waals surface area contributed by atoms with E-state index in [1.54, 1.807) is 18.2 Å². The molecular weight excluding hydrogens is 386 g/mol. The van der Waals surface area contributed by atoms with Gasteiger partial charge in [-0.1, -0.05) is 17.7 Å². The lowest BCUT2D eigenvalue weighted by Crippen LogP contribution is -2.11. The van der Waals surface area contributed by atoms with Crippen LogP contribution in [0.4, 0.5) is 11.6 Å². The number of aromatic nitrogens is 1. The van der Waals surface area contributed by atoms with Crippen LogP contribution in [-0.4, -0.2) is 15.8 Å². The number of rotatable bonds is 4. The third-order valence-corrected chi connectivity index (χ3v) is 4.33. The van der Waals surface area contributed by atoms with Crippen molar-refractivity contribution in [1.82, 2.24) is 4.98 Å². The summed E-state index contributed by atoms with van der Waals surface area (Å²) in [5, 5.41) is 13.5. The molecule has 0 unspecified atom stereocenters. The molecule has 4 rings (SSSR count). The molecule has 0 aliphatic carbocycles. The summed E-state index contributed by atoms with van der Waals surface area (Å²) in [4.78, 5) is 26.7. The van der Waals surface area contributed by atoms with E-state index in [1.807, 2.05) is 25.1 Å². The Balaban J connectivity index is 1.64. The average molecular weight is 398 g/mol. The molecule has 28 heavy (non-hydrogen) atoms. The molecule has 0 fully saturated rings. The van der Waals surface area contributed by atoms with Crippen LogP contribution in [0.2, 0.25) is 5.02 Å². The lowest BCUT2D eigenvalue weighted by Gasteiger charge is -2.07. The normalized spacial score (nSPS) is 10.9. The molecule has 0 saturated carbocycles. The van der Waals surface area contributed by atoms with Gasteiger partial charge in [0.25, 0.3) is 5.91 Å². The van der Waals surface area contributed by atoms with E-state index in [4.69, 9.17) is 20.4 Å². The van der Waals surface area contributed by atoms with Crippen LogP contribution in [-0.2, 0) is 0 Å². The fourth-order valence-electron chi connectivity index (χ4n) is 2.65.